The average Bonchev–Trinajstić information content (AvgIpc) is 3.52. The molecule has 5 aromatic rings. The SMILES string of the molecule is Cc1ccc(-c2nc(NCCCn3ccnc3)ncc2-c2c[nH]c3ccccc23)o1. The molecule has 0 fully saturated rings. The Bertz CT molecular complexity index is 1270. The Balaban J connectivity index is 1.45. The number of anilines is 1. The summed E-state index contributed by atoms with van der Waals surface area (Å²) in [7, 11) is 0. The van der Waals surface area contributed by atoms with Gasteiger partial charge in [0.05, 0.1) is 6.33 Å². The minimum Gasteiger partial charge on any atom is -0.460 e. The molecule has 4 heterocycles. The average molecular weight is 398 g/mol. The van der Waals surface area contributed by atoms with Gasteiger partial charge in [0.15, 0.2) is 5.76 Å². The van der Waals surface area contributed by atoms with Gasteiger partial charge >= 0.3 is 0 Å². The van der Waals surface area contributed by atoms with Crippen LogP contribution in [0.5, 0.6) is 0 Å². The van der Waals surface area contributed by atoms with Crippen LogP contribution in [0.2, 0.25) is 0 Å². The summed E-state index contributed by atoms with van der Waals surface area (Å²) in [5, 5.41) is 4.46. The van der Waals surface area contributed by atoms with E-state index in [4.69, 9.17) is 9.40 Å². The lowest BCUT2D eigenvalue weighted by atomic mass is 10.0. The standard InChI is InChI=1S/C23H22N6O/c1-16-7-8-21(30-16)22-19(18-13-26-20-6-3-2-5-17(18)20)14-27-23(28-22)25-9-4-11-29-12-10-24-15-29/h2-3,5-8,10,12-15,26H,4,9,11H2,1H3,(H,25,27,28). The summed E-state index contributed by atoms with van der Waals surface area (Å²) in [6, 6.07) is 12.1. The smallest absolute Gasteiger partial charge is 0.223 e. The number of fused-ring (bicyclic) bond motifs is 1. The van der Waals surface area contributed by atoms with Crippen LogP contribution in [0.25, 0.3) is 33.5 Å². The van der Waals surface area contributed by atoms with Crippen LogP contribution in [0.1, 0.15) is 12.2 Å². The Morgan fingerprint density at radius 3 is 2.90 bits per heavy atom. The number of para-hydroxylation sites is 1. The third kappa shape index (κ3) is 3.57. The number of nitrogens with one attached hydrogen (secondary N) is 2. The molecule has 0 saturated carbocycles. The minimum atomic E-state index is 0.591. The van der Waals surface area contributed by atoms with Crippen molar-refractivity contribution in [3.63, 3.8) is 0 Å². The second kappa shape index (κ2) is 7.87. The van der Waals surface area contributed by atoms with Gasteiger partial charge in [-0.15, -0.1) is 0 Å². The van der Waals surface area contributed by atoms with Gasteiger partial charge in [0.1, 0.15) is 11.5 Å². The third-order valence-electron chi connectivity index (χ3n) is 5.08. The van der Waals surface area contributed by atoms with E-state index in [1.165, 1.54) is 0 Å². The molecule has 7 nitrogen and oxygen atoms in total. The van der Waals surface area contributed by atoms with Crippen molar-refractivity contribution in [3.05, 3.63) is 73.3 Å². The number of aromatic nitrogens is 5. The predicted octanol–water partition coefficient (Wildman–Crippen LogP) is 4.89. The number of H-pyrrole nitrogens is 1. The molecule has 0 atom stereocenters. The van der Waals surface area contributed by atoms with Crippen LogP contribution < -0.4 is 5.32 Å². The van der Waals surface area contributed by atoms with E-state index < -0.39 is 0 Å². The molecule has 0 amide bonds. The number of furan rings is 1. The third-order valence-corrected chi connectivity index (χ3v) is 5.08. The number of hydrogen-bond acceptors (Lipinski definition) is 5. The molecule has 30 heavy (non-hydrogen) atoms. The van der Waals surface area contributed by atoms with E-state index in [1.54, 1.807) is 6.20 Å². The Kier molecular flexibility index (Phi) is 4.77. The maximum Gasteiger partial charge on any atom is 0.223 e. The largest absolute Gasteiger partial charge is 0.460 e. The first-order chi connectivity index (χ1) is 14.8. The quantitative estimate of drug-likeness (QED) is 0.381. The van der Waals surface area contributed by atoms with Gasteiger partial charge in [-0.3, -0.25) is 0 Å². The van der Waals surface area contributed by atoms with Crippen LogP contribution in [0, 0.1) is 6.92 Å². The molecule has 0 aliphatic carbocycles. The molecule has 0 saturated heterocycles. The number of hydrogen-bond donors (Lipinski definition) is 2. The lowest BCUT2D eigenvalue weighted by molar-refractivity contribution is 0.546. The number of imidazole rings is 1. The van der Waals surface area contributed by atoms with Crippen LogP contribution in [-0.4, -0.2) is 31.0 Å². The van der Waals surface area contributed by atoms with Crippen molar-refractivity contribution in [1.82, 2.24) is 24.5 Å². The van der Waals surface area contributed by atoms with Gasteiger partial charge in [0, 0.05) is 59.9 Å². The summed E-state index contributed by atoms with van der Waals surface area (Å²) in [6.45, 7) is 3.59. The van der Waals surface area contributed by atoms with Crippen LogP contribution in [0.3, 0.4) is 0 Å². The normalized spacial score (nSPS) is 11.2. The second-order valence-corrected chi connectivity index (χ2v) is 7.19. The first-order valence-electron chi connectivity index (χ1n) is 9.98. The number of benzene rings is 1. The highest BCUT2D eigenvalue weighted by molar-refractivity contribution is 5.98. The zero-order valence-electron chi connectivity index (χ0n) is 16.7. The molecule has 0 unspecified atom stereocenters. The molecule has 2 N–H and O–H groups in total. The second-order valence-electron chi connectivity index (χ2n) is 7.19. The van der Waals surface area contributed by atoms with Crippen molar-refractivity contribution < 1.29 is 4.42 Å². The van der Waals surface area contributed by atoms with Crippen molar-refractivity contribution >= 4 is 16.9 Å². The van der Waals surface area contributed by atoms with Crippen LogP contribution >= 0.6 is 0 Å². The molecule has 0 bridgehead atoms. The minimum absolute atomic E-state index is 0.591. The lowest BCUT2D eigenvalue weighted by Gasteiger charge is -2.10. The summed E-state index contributed by atoms with van der Waals surface area (Å²) in [4.78, 5) is 16.8. The summed E-state index contributed by atoms with van der Waals surface area (Å²) < 4.78 is 7.97. The topological polar surface area (TPSA) is 84.6 Å². The molecular formula is C23H22N6O. The van der Waals surface area contributed by atoms with E-state index in [1.807, 2.05) is 56.1 Å². The fraction of sp³-hybridized carbons (Fsp3) is 0.174. The zero-order chi connectivity index (χ0) is 20.3. The first kappa shape index (κ1) is 18.2. The highest BCUT2D eigenvalue weighted by Gasteiger charge is 2.17. The molecule has 7 heteroatoms. The summed E-state index contributed by atoms with van der Waals surface area (Å²) in [5.41, 5.74) is 3.85. The molecule has 0 radical (unpaired) electrons. The van der Waals surface area contributed by atoms with E-state index in [2.05, 4.69) is 37.0 Å². The maximum atomic E-state index is 5.91. The van der Waals surface area contributed by atoms with Gasteiger partial charge in [-0.25, -0.2) is 15.0 Å². The number of aromatic amines is 1. The van der Waals surface area contributed by atoms with Crippen LogP contribution in [-0.2, 0) is 6.54 Å². The van der Waals surface area contributed by atoms with Crippen molar-refractivity contribution in [3.8, 4) is 22.6 Å². The molecule has 0 aliphatic rings. The Morgan fingerprint density at radius 1 is 1.13 bits per heavy atom. The number of aryl methyl sites for hydroxylation is 2. The lowest BCUT2D eigenvalue weighted by Crippen LogP contribution is -2.09. The van der Waals surface area contributed by atoms with E-state index in [0.717, 1.165) is 58.8 Å². The van der Waals surface area contributed by atoms with Gasteiger partial charge in [-0.1, -0.05) is 18.2 Å². The molecule has 0 aliphatic heterocycles. The molecule has 4 aromatic heterocycles. The molecule has 5 rings (SSSR count). The monoisotopic (exact) mass is 398 g/mol. The molecular weight excluding hydrogens is 376 g/mol. The van der Waals surface area contributed by atoms with Gasteiger partial charge in [-0.05, 0) is 31.5 Å². The first-order valence-corrected chi connectivity index (χ1v) is 9.98. The number of rotatable bonds is 7. The van der Waals surface area contributed by atoms with Crippen molar-refractivity contribution in [2.45, 2.75) is 19.9 Å². The fourth-order valence-electron chi connectivity index (χ4n) is 3.59. The maximum absolute atomic E-state index is 5.91. The van der Waals surface area contributed by atoms with E-state index in [0.29, 0.717) is 5.95 Å². The van der Waals surface area contributed by atoms with Crippen LogP contribution in [0.4, 0.5) is 5.95 Å². The van der Waals surface area contributed by atoms with Gasteiger partial charge < -0.3 is 19.3 Å². The van der Waals surface area contributed by atoms with E-state index in [-0.39, 0.29) is 0 Å². The van der Waals surface area contributed by atoms with Gasteiger partial charge in [-0.2, -0.15) is 0 Å². The summed E-state index contributed by atoms with van der Waals surface area (Å²) in [5.74, 6) is 2.17. The van der Waals surface area contributed by atoms with Crippen molar-refractivity contribution in [2.24, 2.45) is 0 Å². The summed E-state index contributed by atoms with van der Waals surface area (Å²) >= 11 is 0. The van der Waals surface area contributed by atoms with Gasteiger partial charge in [0.2, 0.25) is 5.95 Å². The summed E-state index contributed by atoms with van der Waals surface area (Å²) in [6.07, 6.45) is 10.4. The van der Waals surface area contributed by atoms with E-state index in [9.17, 15) is 0 Å². The highest BCUT2D eigenvalue weighted by Crippen LogP contribution is 2.35. The zero-order valence-corrected chi connectivity index (χ0v) is 16.7. The predicted molar refractivity (Wildman–Crippen MR) is 117 cm³/mol. The number of nitrogens with zero attached hydrogens (tertiary/aromatic N) is 4. The molecule has 1 aromatic carbocycles. The Labute approximate surface area is 173 Å². The highest BCUT2D eigenvalue weighted by atomic mass is 16.3. The fourth-order valence-corrected chi connectivity index (χ4v) is 3.59. The Hall–Kier alpha value is -3.87. The molecule has 0 spiro atoms. The molecule has 150 valence electrons. The van der Waals surface area contributed by atoms with Crippen molar-refractivity contribution in [1.29, 1.82) is 0 Å². The van der Waals surface area contributed by atoms with Crippen molar-refractivity contribution in [2.75, 3.05) is 11.9 Å². The Morgan fingerprint density at radius 2 is 2.07 bits per heavy atom. The van der Waals surface area contributed by atoms with Gasteiger partial charge in [0.25, 0.3) is 0 Å². The van der Waals surface area contributed by atoms with E-state index >= 15 is 0 Å². The van der Waals surface area contributed by atoms with Crippen LogP contribution in [0.15, 0.2) is 71.9 Å².